The Kier molecular flexibility index (Phi) is 8.16. The van der Waals surface area contributed by atoms with Crippen molar-refractivity contribution in [3.05, 3.63) is 65.2 Å². The number of hydrogen-bond donors (Lipinski definition) is 1. The molecule has 8 nitrogen and oxygen atoms in total. The van der Waals surface area contributed by atoms with Crippen LogP contribution in [0.15, 0.2) is 48.5 Å². The molecule has 2 aromatic rings. The summed E-state index contributed by atoms with van der Waals surface area (Å²) in [5, 5.41) is 0. The van der Waals surface area contributed by atoms with Crippen LogP contribution in [0.5, 0.6) is 5.75 Å². The van der Waals surface area contributed by atoms with Crippen molar-refractivity contribution in [1.29, 1.82) is 0 Å². The molecule has 0 radical (unpaired) electrons. The van der Waals surface area contributed by atoms with E-state index in [1.807, 2.05) is 41.3 Å². The largest absolute Gasteiger partial charge is 0.489 e. The summed E-state index contributed by atoms with van der Waals surface area (Å²) < 4.78 is 11.3. The van der Waals surface area contributed by atoms with E-state index in [2.05, 4.69) is 16.7 Å². The highest BCUT2D eigenvalue weighted by molar-refractivity contribution is 5.94. The lowest BCUT2D eigenvalue weighted by molar-refractivity contribution is -0.137. The molecule has 2 aromatic carbocycles. The van der Waals surface area contributed by atoms with Gasteiger partial charge in [-0.2, -0.15) is 0 Å². The first-order chi connectivity index (χ1) is 16.5. The van der Waals surface area contributed by atoms with Crippen molar-refractivity contribution in [2.45, 2.75) is 19.6 Å². The van der Waals surface area contributed by atoms with Crippen molar-refractivity contribution in [3.8, 4) is 5.75 Å². The molecule has 182 valence electrons. The molecule has 8 heteroatoms. The molecule has 2 amide bonds. The number of hydrogen-bond acceptors (Lipinski definition) is 6. The normalized spacial score (nSPS) is 18.4. The maximum Gasteiger partial charge on any atom is 0.249 e. The summed E-state index contributed by atoms with van der Waals surface area (Å²) in [6.45, 7) is 8.81. The third-order valence-electron chi connectivity index (χ3n) is 6.66. The van der Waals surface area contributed by atoms with Gasteiger partial charge in [0.15, 0.2) is 0 Å². The maximum atomic E-state index is 12.6. The minimum Gasteiger partial charge on any atom is -0.489 e. The zero-order chi connectivity index (χ0) is 23.9. The van der Waals surface area contributed by atoms with Crippen molar-refractivity contribution >= 4 is 11.8 Å². The number of morpholine rings is 1. The first kappa shape index (κ1) is 24.2. The van der Waals surface area contributed by atoms with Gasteiger partial charge in [-0.1, -0.05) is 30.3 Å². The Labute approximate surface area is 201 Å². The molecule has 1 atom stereocenters. The van der Waals surface area contributed by atoms with Crippen LogP contribution in [-0.4, -0.2) is 85.5 Å². The summed E-state index contributed by atoms with van der Waals surface area (Å²) in [5.41, 5.74) is 8.16. The van der Waals surface area contributed by atoms with Crippen LogP contribution in [0.1, 0.15) is 34.5 Å². The third kappa shape index (κ3) is 6.14. The highest BCUT2D eigenvalue weighted by Crippen LogP contribution is 2.29. The van der Waals surface area contributed by atoms with Crippen molar-refractivity contribution in [2.75, 3.05) is 59.0 Å². The Morgan fingerprint density at radius 3 is 2.38 bits per heavy atom. The predicted molar refractivity (Wildman–Crippen MR) is 130 cm³/mol. The second-order valence-corrected chi connectivity index (χ2v) is 8.87. The van der Waals surface area contributed by atoms with E-state index in [1.54, 1.807) is 12.1 Å². The maximum absolute atomic E-state index is 12.6. The van der Waals surface area contributed by atoms with Crippen molar-refractivity contribution in [2.24, 2.45) is 5.73 Å². The number of amides is 2. The van der Waals surface area contributed by atoms with E-state index in [0.717, 1.165) is 37.3 Å². The van der Waals surface area contributed by atoms with Gasteiger partial charge >= 0.3 is 0 Å². The molecule has 2 saturated heterocycles. The molecule has 2 fully saturated rings. The van der Waals surface area contributed by atoms with Gasteiger partial charge < -0.3 is 20.1 Å². The molecule has 0 aromatic heterocycles. The molecule has 2 N–H and O–H groups in total. The highest BCUT2D eigenvalue weighted by atomic mass is 16.5. The van der Waals surface area contributed by atoms with Crippen LogP contribution in [0.4, 0.5) is 0 Å². The molecule has 2 heterocycles. The number of nitrogens with two attached hydrogens (primary N) is 1. The zero-order valence-electron chi connectivity index (χ0n) is 19.8. The minimum atomic E-state index is -0.439. The molecule has 2 aliphatic rings. The van der Waals surface area contributed by atoms with E-state index in [0.29, 0.717) is 50.8 Å². The predicted octanol–water partition coefficient (Wildman–Crippen LogP) is 1.90. The number of primary amides is 1. The van der Waals surface area contributed by atoms with Gasteiger partial charge in [0, 0.05) is 50.9 Å². The summed E-state index contributed by atoms with van der Waals surface area (Å²) in [6.07, 6.45) is 0. The quantitative estimate of drug-likeness (QED) is 0.639. The van der Waals surface area contributed by atoms with Crippen LogP contribution >= 0.6 is 0 Å². The molecule has 34 heavy (non-hydrogen) atoms. The van der Waals surface area contributed by atoms with Gasteiger partial charge in [0.25, 0.3) is 0 Å². The van der Waals surface area contributed by atoms with Crippen LogP contribution < -0.4 is 10.5 Å². The first-order valence-electron chi connectivity index (χ1n) is 11.9. The van der Waals surface area contributed by atoms with Gasteiger partial charge in [0.05, 0.1) is 19.8 Å². The molecular formula is C26H34N4O4. The van der Waals surface area contributed by atoms with E-state index in [-0.39, 0.29) is 11.9 Å². The number of carbonyl (C=O) groups excluding carboxylic acids is 2. The molecule has 1 unspecified atom stereocenters. The minimum absolute atomic E-state index is 0.000120. The average Bonchev–Trinajstić information content (AvgIpc) is 2.88. The standard InChI is InChI=1S/C26H34N4O4/c1-20(29-11-9-28(10-12-29)18-25(31)30-13-15-33-16-14-30)24-17-22(7-8-23(24)26(27)32)34-19-21-5-3-2-4-6-21/h2-8,17,20H,9-16,18-19H2,1H3,(H2,27,32). The van der Waals surface area contributed by atoms with Gasteiger partial charge in [-0.15, -0.1) is 0 Å². The van der Waals surface area contributed by atoms with Crippen LogP contribution in [0.2, 0.25) is 0 Å². The van der Waals surface area contributed by atoms with Gasteiger partial charge in [-0.25, -0.2) is 0 Å². The summed E-state index contributed by atoms with van der Waals surface area (Å²) in [5.74, 6) is 0.445. The second kappa shape index (κ2) is 11.5. The molecule has 0 bridgehead atoms. The number of rotatable bonds is 8. The smallest absolute Gasteiger partial charge is 0.249 e. The summed E-state index contributed by atoms with van der Waals surface area (Å²) in [7, 11) is 0. The Morgan fingerprint density at radius 2 is 1.71 bits per heavy atom. The lowest BCUT2D eigenvalue weighted by Crippen LogP contribution is -2.51. The van der Waals surface area contributed by atoms with Crippen molar-refractivity contribution < 1.29 is 19.1 Å². The topological polar surface area (TPSA) is 88.3 Å². The fourth-order valence-corrected chi connectivity index (χ4v) is 4.55. The average molecular weight is 467 g/mol. The molecule has 0 spiro atoms. The molecular weight excluding hydrogens is 432 g/mol. The lowest BCUT2D eigenvalue weighted by atomic mass is 9.98. The first-order valence-corrected chi connectivity index (χ1v) is 11.9. The second-order valence-electron chi connectivity index (χ2n) is 8.87. The number of benzene rings is 2. The molecule has 2 aliphatic heterocycles. The van der Waals surface area contributed by atoms with E-state index in [9.17, 15) is 9.59 Å². The van der Waals surface area contributed by atoms with E-state index in [4.69, 9.17) is 15.2 Å². The van der Waals surface area contributed by atoms with Gasteiger partial charge in [-0.05, 0) is 36.2 Å². The Hall–Kier alpha value is -2.94. The summed E-state index contributed by atoms with van der Waals surface area (Å²) in [6, 6.07) is 15.5. The van der Waals surface area contributed by atoms with E-state index >= 15 is 0 Å². The Morgan fingerprint density at radius 1 is 1.00 bits per heavy atom. The van der Waals surface area contributed by atoms with Crippen molar-refractivity contribution in [1.82, 2.24) is 14.7 Å². The zero-order valence-corrected chi connectivity index (χ0v) is 19.8. The molecule has 4 rings (SSSR count). The van der Waals surface area contributed by atoms with Gasteiger partial charge in [-0.3, -0.25) is 19.4 Å². The SMILES string of the molecule is CC(c1cc(OCc2ccccc2)ccc1C(N)=O)N1CCN(CC(=O)N2CCOCC2)CC1. The van der Waals surface area contributed by atoms with Crippen LogP contribution in [-0.2, 0) is 16.1 Å². The lowest BCUT2D eigenvalue weighted by Gasteiger charge is -2.39. The number of ether oxygens (including phenoxy) is 2. The van der Waals surface area contributed by atoms with E-state index < -0.39 is 5.91 Å². The van der Waals surface area contributed by atoms with Crippen molar-refractivity contribution in [3.63, 3.8) is 0 Å². The molecule has 0 saturated carbocycles. The number of piperazine rings is 1. The fraction of sp³-hybridized carbons (Fsp3) is 0.462. The Balaban J connectivity index is 1.37. The van der Waals surface area contributed by atoms with Crippen LogP contribution in [0.25, 0.3) is 0 Å². The van der Waals surface area contributed by atoms with Gasteiger partial charge in [0.1, 0.15) is 12.4 Å². The number of carbonyl (C=O) groups is 2. The third-order valence-corrected chi connectivity index (χ3v) is 6.66. The number of nitrogens with zero attached hydrogens (tertiary/aromatic N) is 3. The summed E-state index contributed by atoms with van der Waals surface area (Å²) in [4.78, 5) is 31.1. The van der Waals surface area contributed by atoms with Crippen LogP contribution in [0.3, 0.4) is 0 Å². The monoisotopic (exact) mass is 466 g/mol. The Bertz CT molecular complexity index is 970. The van der Waals surface area contributed by atoms with Gasteiger partial charge in [0.2, 0.25) is 11.8 Å². The van der Waals surface area contributed by atoms with E-state index in [1.165, 1.54) is 0 Å². The van der Waals surface area contributed by atoms with Crippen LogP contribution in [0, 0.1) is 0 Å². The highest BCUT2D eigenvalue weighted by Gasteiger charge is 2.27. The molecule has 0 aliphatic carbocycles. The fourth-order valence-electron chi connectivity index (χ4n) is 4.55. The summed E-state index contributed by atoms with van der Waals surface area (Å²) >= 11 is 0.